The monoisotopic (exact) mass is 377 g/mol. The van der Waals surface area contributed by atoms with Crippen molar-refractivity contribution >= 4 is 17.8 Å². The highest BCUT2D eigenvalue weighted by Gasteiger charge is 2.28. The van der Waals surface area contributed by atoms with Gasteiger partial charge in [0.1, 0.15) is 0 Å². The molecule has 0 N–H and O–H groups in total. The summed E-state index contributed by atoms with van der Waals surface area (Å²) in [5.74, 6) is -0.206. The Morgan fingerprint density at radius 1 is 1.11 bits per heavy atom. The van der Waals surface area contributed by atoms with Crippen LogP contribution in [0.25, 0.3) is 0 Å². The molecule has 1 aromatic carbocycles. The number of amides is 1. The van der Waals surface area contributed by atoms with Gasteiger partial charge >= 0.3 is 11.9 Å². The molecule has 3 rings (SSSR count). The lowest BCUT2D eigenvalue weighted by molar-refractivity contribution is -0.149. The Labute approximate surface area is 157 Å². The number of benzene rings is 1. The second kappa shape index (κ2) is 8.75. The van der Waals surface area contributed by atoms with Crippen LogP contribution < -0.4 is 9.47 Å². The number of fused-ring (bicyclic) bond motifs is 1. The maximum atomic E-state index is 12.2. The van der Waals surface area contributed by atoms with Crippen molar-refractivity contribution in [2.24, 2.45) is 5.92 Å². The Hall–Kier alpha value is -2.77. The van der Waals surface area contributed by atoms with Crippen LogP contribution in [0.5, 0.6) is 11.5 Å². The number of rotatable bonds is 4. The molecule has 0 radical (unpaired) electrons. The molecule has 0 unspecified atom stereocenters. The normalized spacial score (nSPS) is 17.0. The molecule has 8 heteroatoms. The maximum absolute atomic E-state index is 12.2. The second-order valence-corrected chi connectivity index (χ2v) is 6.47. The highest BCUT2D eigenvalue weighted by Crippen LogP contribution is 2.30. The van der Waals surface area contributed by atoms with Gasteiger partial charge in [-0.05, 0) is 31.0 Å². The van der Waals surface area contributed by atoms with E-state index >= 15 is 0 Å². The van der Waals surface area contributed by atoms with E-state index in [-0.39, 0.29) is 24.4 Å². The molecule has 146 valence electrons. The summed E-state index contributed by atoms with van der Waals surface area (Å²) in [5, 5.41) is 0. The Balaban J connectivity index is 1.50. The minimum Gasteiger partial charge on any atom is -0.490 e. The van der Waals surface area contributed by atoms with Crippen LogP contribution in [-0.2, 0) is 19.1 Å². The second-order valence-electron chi connectivity index (χ2n) is 6.47. The van der Waals surface area contributed by atoms with Crippen molar-refractivity contribution in [3.8, 4) is 11.5 Å². The summed E-state index contributed by atoms with van der Waals surface area (Å²) in [7, 11) is 1.36. The first kappa shape index (κ1) is 19.0. The minimum absolute atomic E-state index is 0.177. The number of nitrogens with zero attached hydrogens (tertiary/aromatic N) is 1. The molecule has 0 saturated carbocycles. The van der Waals surface area contributed by atoms with Crippen LogP contribution in [0.2, 0.25) is 0 Å². The summed E-state index contributed by atoms with van der Waals surface area (Å²) in [6.45, 7) is 1.64. The van der Waals surface area contributed by atoms with Crippen molar-refractivity contribution < 1.29 is 33.3 Å². The van der Waals surface area contributed by atoms with E-state index in [4.69, 9.17) is 18.9 Å². The average molecular weight is 377 g/mol. The Bertz CT molecular complexity index is 710. The number of ether oxygens (including phenoxy) is 4. The predicted molar refractivity (Wildman–Crippen MR) is 93.7 cm³/mol. The van der Waals surface area contributed by atoms with Crippen molar-refractivity contribution in [2.75, 3.05) is 40.0 Å². The van der Waals surface area contributed by atoms with Crippen molar-refractivity contribution in [1.29, 1.82) is 0 Å². The van der Waals surface area contributed by atoms with Gasteiger partial charge < -0.3 is 23.8 Å². The van der Waals surface area contributed by atoms with E-state index < -0.39 is 5.97 Å². The van der Waals surface area contributed by atoms with E-state index in [0.29, 0.717) is 56.2 Å². The van der Waals surface area contributed by atoms with Crippen molar-refractivity contribution in [1.82, 2.24) is 4.90 Å². The summed E-state index contributed by atoms with van der Waals surface area (Å²) in [6.07, 6.45) is 1.87. The number of likely N-dealkylation sites (tertiary alicyclic amines) is 1. The molecule has 1 aromatic rings. The number of carbonyl (C=O) groups excluding carboxylic acids is 3. The number of carbonyl (C=O) groups is 3. The quantitative estimate of drug-likeness (QED) is 0.733. The fourth-order valence-electron chi connectivity index (χ4n) is 3.12. The summed E-state index contributed by atoms with van der Waals surface area (Å²) in [4.78, 5) is 37.6. The molecule has 8 nitrogen and oxygen atoms in total. The average Bonchev–Trinajstić information content (AvgIpc) is 2.96. The highest BCUT2D eigenvalue weighted by atomic mass is 16.5. The SMILES string of the molecule is COC(=O)C1CCN(C(=O)COC(=O)c2ccc3c(c2)OCCCO3)CC1. The molecule has 1 fully saturated rings. The van der Waals surface area contributed by atoms with Crippen LogP contribution in [-0.4, -0.2) is 62.8 Å². The molecule has 1 saturated heterocycles. The molecule has 0 bridgehead atoms. The van der Waals surface area contributed by atoms with Gasteiger partial charge in [-0.15, -0.1) is 0 Å². The van der Waals surface area contributed by atoms with Gasteiger partial charge in [0.2, 0.25) is 0 Å². The summed E-state index contributed by atoms with van der Waals surface area (Å²) in [5.41, 5.74) is 0.302. The fourth-order valence-corrected chi connectivity index (χ4v) is 3.12. The molecule has 1 amide bonds. The molecular formula is C19H23NO7. The lowest BCUT2D eigenvalue weighted by atomic mass is 9.97. The van der Waals surface area contributed by atoms with E-state index in [2.05, 4.69) is 0 Å². The number of hydrogen-bond donors (Lipinski definition) is 0. The van der Waals surface area contributed by atoms with Gasteiger partial charge in [-0.2, -0.15) is 0 Å². The van der Waals surface area contributed by atoms with Gasteiger partial charge in [0, 0.05) is 19.5 Å². The van der Waals surface area contributed by atoms with Gasteiger partial charge in [-0.3, -0.25) is 9.59 Å². The lowest BCUT2D eigenvalue weighted by Crippen LogP contribution is -2.42. The van der Waals surface area contributed by atoms with E-state index in [0.717, 1.165) is 6.42 Å². The molecule has 27 heavy (non-hydrogen) atoms. The largest absolute Gasteiger partial charge is 0.490 e. The first-order chi connectivity index (χ1) is 13.1. The topological polar surface area (TPSA) is 91.4 Å². The third-order valence-corrected chi connectivity index (χ3v) is 4.69. The molecule has 0 atom stereocenters. The van der Waals surface area contributed by atoms with Gasteiger partial charge in [0.15, 0.2) is 18.1 Å². The Morgan fingerprint density at radius 2 is 1.81 bits per heavy atom. The van der Waals surface area contributed by atoms with Gasteiger partial charge in [-0.1, -0.05) is 0 Å². The standard InChI is InChI=1S/C19H23NO7/c1-24-18(22)13-5-7-20(8-6-13)17(21)12-27-19(23)14-3-4-15-16(11-14)26-10-2-9-25-15/h3-4,11,13H,2,5-10,12H2,1H3. The van der Waals surface area contributed by atoms with Gasteiger partial charge in [0.05, 0.1) is 31.8 Å². The third kappa shape index (κ3) is 4.69. The molecule has 2 aliphatic heterocycles. The van der Waals surface area contributed by atoms with Crippen LogP contribution in [0, 0.1) is 5.92 Å². The lowest BCUT2D eigenvalue weighted by Gasteiger charge is -2.30. The van der Waals surface area contributed by atoms with Crippen molar-refractivity contribution in [3.63, 3.8) is 0 Å². The molecule has 2 aliphatic rings. The molecule has 0 aromatic heterocycles. The van der Waals surface area contributed by atoms with Crippen LogP contribution in [0.1, 0.15) is 29.6 Å². The minimum atomic E-state index is -0.594. The van der Waals surface area contributed by atoms with Crippen molar-refractivity contribution in [2.45, 2.75) is 19.3 Å². The van der Waals surface area contributed by atoms with Crippen LogP contribution >= 0.6 is 0 Å². The molecule has 0 spiro atoms. The van der Waals surface area contributed by atoms with E-state index in [1.54, 1.807) is 23.1 Å². The third-order valence-electron chi connectivity index (χ3n) is 4.69. The number of hydrogen-bond acceptors (Lipinski definition) is 7. The first-order valence-corrected chi connectivity index (χ1v) is 9.01. The van der Waals surface area contributed by atoms with Gasteiger partial charge in [0.25, 0.3) is 5.91 Å². The number of methoxy groups -OCH3 is 1. The molecule has 2 heterocycles. The maximum Gasteiger partial charge on any atom is 0.338 e. The highest BCUT2D eigenvalue weighted by molar-refractivity contribution is 5.92. The smallest absolute Gasteiger partial charge is 0.338 e. The van der Waals surface area contributed by atoms with E-state index in [9.17, 15) is 14.4 Å². The summed E-state index contributed by atoms with van der Waals surface area (Å²) >= 11 is 0. The van der Waals surface area contributed by atoms with Crippen LogP contribution in [0.3, 0.4) is 0 Å². The van der Waals surface area contributed by atoms with Crippen LogP contribution in [0.15, 0.2) is 18.2 Å². The fraction of sp³-hybridized carbons (Fsp3) is 0.526. The van der Waals surface area contributed by atoms with Crippen LogP contribution in [0.4, 0.5) is 0 Å². The molecule has 0 aliphatic carbocycles. The Morgan fingerprint density at radius 3 is 2.52 bits per heavy atom. The number of piperidine rings is 1. The van der Waals surface area contributed by atoms with Crippen molar-refractivity contribution in [3.05, 3.63) is 23.8 Å². The zero-order chi connectivity index (χ0) is 19.2. The summed E-state index contributed by atoms with van der Waals surface area (Å²) in [6, 6.07) is 4.81. The summed E-state index contributed by atoms with van der Waals surface area (Å²) < 4.78 is 20.9. The van der Waals surface area contributed by atoms with Gasteiger partial charge in [-0.25, -0.2) is 4.79 Å². The van der Waals surface area contributed by atoms with E-state index in [1.165, 1.54) is 7.11 Å². The zero-order valence-electron chi connectivity index (χ0n) is 15.3. The zero-order valence-corrected chi connectivity index (χ0v) is 15.3. The molecular weight excluding hydrogens is 354 g/mol. The predicted octanol–water partition coefficient (Wildman–Crippen LogP) is 1.42. The number of esters is 2. The van der Waals surface area contributed by atoms with E-state index in [1.807, 2.05) is 0 Å². The Kier molecular flexibility index (Phi) is 6.16. The first-order valence-electron chi connectivity index (χ1n) is 9.01.